The quantitative estimate of drug-likeness (QED) is 0.677. The molecule has 0 aliphatic heterocycles. The van der Waals surface area contributed by atoms with E-state index < -0.39 is 18.1 Å². The molecule has 2 aromatic rings. The normalized spacial score (nSPS) is 24.6. The summed E-state index contributed by atoms with van der Waals surface area (Å²) in [7, 11) is 0. The van der Waals surface area contributed by atoms with Crippen LogP contribution in [0.1, 0.15) is 54.1 Å². The summed E-state index contributed by atoms with van der Waals surface area (Å²) in [5, 5.41) is 0. The SMILES string of the molecule is CCc1cccc(-c2ccc3c(c2)C(=O)C2(CCC(OC(F)F)CC2)C3)c1. The minimum Gasteiger partial charge on any atom is -0.320 e. The van der Waals surface area contributed by atoms with Gasteiger partial charge in [-0.1, -0.05) is 43.3 Å². The van der Waals surface area contributed by atoms with E-state index in [0.29, 0.717) is 25.7 Å². The average Bonchev–Trinajstić information content (AvgIpc) is 2.95. The molecule has 0 atom stereocenters. The maximum absolute atomic E-state index is 13.2. The molecule has 0 bridgehead atoms. The summed E-state index contributed by atoms with van der Waals surface area (Å²) >= 11 is 0. The van der Waals surface area contributed by atoms with E-state index in [2.05, 4.69) is 48.1 Å². The molecule has 0 radical (unpaired) electrons. The molecule has 1 spiro atoms. The summed E-state index contributed by atoms with van der Waals surface area (Å²) in [6.45, 7) is -0.606. The van der Waals surface area contributed by atoms with Crippen molar-refractivity contribution in [2.45, 2.75) is 58.2 Å². The van der Waals surface area contributed by atoms with E-state index in [1.54, 1.807) is 0 Å². The molecule has 0 amide bonds. The number of Topliss-reactive ketones (excluding diaryl/α,β-unsaturated/α-hetero) is 1. The summed E-state index contributed by atoms with van der Waals surface area (Å²) < 4.78 is 29.6. The van der Waals surface area contributed by atoms with Crippen molar-refractivity contribution in [3.8, 4) is 11.1 Å². The monoisotopic (exact) mass is 370 g/mol. The number of aryl methyl sites for hydroxylation is 1. The van der Waals surface area contributed by atoms with Crippen molar-refractivity contribution in [2.24, 2.45) is 5.41 Å². The van der Waals surface area contributed by atoms with Gasteiger partial charge in [-0.15, -0.1) is 0 Å². The first-order valence-electron chi connectivity index (χ1n) is 9.71. The number of rotatable bonds is 4. The molecule has 0 N–H and O–H groups in total. The summed E-state index contributed by atoms with van der Waals surface area (Å²) in [4.78, 5) is 13.2. The Balaban J connectivity index is 1.57. The molecule has 0 aromatic heterocycles. The number of ether oxygens (including phenoxy) is 1. The molecule has 2 nitrogen and oxygen atoms in total. The highest BCUT2D eigenvalue weighted by atomic mass is 19.3. The first kappa shape index (κ1) is 18.3. The number of hydrogen-bond donors (Lipinski definition) is 0. The maximum atomic E-state index is 13.2. The van der Waals surface area contributed by atoms with Crippen molar-refractivity contribution in [3.63, 3.8) is 0 Å². The number of hydrogen-bond acceptors (Lipinski definition) is 2. The zero-order valence-corrected chi connectivity index (χ0v) is 15.5. The van der Waals surface area contributed by atoms with E-state index in [9.17, 15) is 13.6 Å². The van der Waals surface area contributed by atoms with Crippen LogP contribution in [0, 0.1) is 5.41 Å². The zero-order chi connectivity index (χ0) is 19.0. The standard InChI is InChI=1S/C23H24F2O2/c1-2-15-4-3-5-16(12-15)17-6-7-18-14-23(21(26)20(18)13-17)10-8-19(9-11-23)27-22(24)25/h3-7,12-13,19,22H,2,8-11,14H2,1H3. The molecule has 2 aliphatic rings. The van der Waals surface area contributed by atoms with Gasteiger partial charge in [0.1, 0.15) is 0 Å². The molecule has 1 saturated carbocycles. The van der Waals surface area contributed by atoms with Crippen molar-refractivity contribution in [3.05, 3.63) is 59.2 Å². The number of ketones is 1. The van der Waals surface area contributed by atoms with E-state index >= 15 is 0 Å². The van der Waals surface area contributed by atoms with Crippen molar-refractivity contribution in [1.29, 1.82) is 0 Å². The molecule has 1 fully saturated rings. The molecule has 0 saturated heterocycles. The van der Waals surface area contributed by atoms with Gasteiger partial charge in [-0.2, -0.15) is 8.78 Å². The highest BCUT2D eigenvalue weighted by Crippen LogP contribution is 2.48. The number of fused-ring (bicyclic) bond motifs is 1. The summed E-state index contributed by atoms with van der Waals surface area (Å²) in [5.74, 6) is 0.182. The largest absolute Gasteiger partial charge is 0.345 e. The Hall–Kier alpha value is -2.07. The van der Waals surface area contributed by atoms with Gasteiger partial charge in [0.05, 0.1) is 6.10 Å². The topological polar surface area (TPSA) is 26.3 Å². The summed E-state index contributed by atoms with van der Waals surface area (Å²) in [6, 6.07) is 14.6. The number of benzene rings is 2. The summed E-state index contributed by atoms with van der Waals surface area (Å²) in [5.41, 5.74) is 4.93. The average molecular weight is 370 g/mol. The predicted octanol–water partition coefficient (Wildman–Crippen LogP) is 5.82. The first-order valence-corrected chi connectivity index (χ1v) is 9.71. The lowest BCUT2D eigenvalue weighted by atomic mass is 9.70. The van der Waals surface area contributed by atoms with Gasteiger partial charge in [-0.05, 0) is 66.8 Å². The second-order valence-electron chi connectivity index (χ2n) is 7.81. The van der Waals surface area contributed by atoms with Gasteiger partial charge < -0.3 is 4.74 Å². The zero-order valence-electron chi connectivity index (χ0n) is 15.5. The fourth-order valence-electron chi connectivity index (χ4n) is 4.65. The highest BCUT2D eigenvalue weighted by molar-refractivity contribution is 6.05. The highest BCUT2D eigenvalue weighted by Gasteiger charge is 2.47. The third-order valence-electron chi connectivity index (χ3n) is 6.22. The lowest BCUT2D eigenvalue weighted by Gasteiger charge is -2.35. The fraction of sp³-hybridized carbons (Fsp3) is 0.435. The van der Waals surface area contributed by atoms with Gasteiger partial charge in [0, 0.05) is 11.0 Å². The van der Waals surface area contributed by atoms with Crippen LogP contribution in [-0.2, 0) is 17.6 Å². The minimum atomic E-state index is -2.73. The van der Waals surface area contributed by atoms with Gasteiger partial charge >= 0.3 is 6.61 Å². The van der Waals surface area contributed by atoms with Gasteiger partial charge in [0.2, 0.25) is 0 Å². The Labute approximate surface area is 158 Å². The fourth-order valence-corrected chi connectivity index (χ4v) is 4.65. The van der Waals surface area contributed by atoms with Crippen LogP contribution in [0.25, 0.3) is 11.1 Å². The van der Waals surface area contributed by atoms with Crippen molar-refractivity contribution in [1.82, 2.24) is 0 Å². The molecule has 142 valence electrons. The Morgan fingerprint density at radius 2 is 1.85 bits per heavy atom. The Morgan fingerprint density at radius 1 is 1.11 bits per heavy atom. The number of alkyl halides is 2. The van der Waals surface area contributed by atoms with Gasteiger partial charge in [0.15, 0.2) is 5.78 Å². The van der Waals surface area contributed by atoms with Crippen LogP contribution in [0.15, 0.2) is 42.5 Å². The Kier molecular flexibility index (Phi) is 4.85. The second-order valence-corrected chi connectivity index (χ2v) is 7.81. The van der Waals surface area contributed by atoms with Gasteiger partial charge in [0.25, 0.3) is 0 Å². The lowest BCUT2D eigenvalue weighted by Crippen LogP contribution is -2.36. The molecule has 4 heteroatoms. The first-order chi connectivity index (χ1) is 13.0. The third kappa shape index (κ3) is 3.43. The molecule has 2 aromatic carbocycles. The molecule has 0 unspecified atom stereocenters. The van der Waals surface area contributed by atoms with Crippen LogP contribution in [0.4, 0.5) is 8.78 Å². The smallest absolute Gasteiger partial charge is 0.320 e. The second kappa shape index (κ2) is 7.16. The molecule has 4 rings (SSSR count). The van der Waals surface area contributed by atoms with Crippen LogP contribution >= 0.6 is 0 Å². The van der Waals surface area contributed by atoms with Gasteiger partial charge in [-0.25, -0.2) is 0 Å². The van der Waals surface area contributed by atoms with E-state index in [1.165, 1.54) is 5.56 Å². The van der Waals surface area contributed by atoms with Crippen molar-refractivity contribution >= 4 is 5.78 Å². The van der Waals surface area contributed by atoms with Gasteiger partial charge in [-0.3, -0.25) is 4.79 Å². The molecular formula is C23H24F2O2. The lowest BCUT2D eigenvalue weighted by molar-refractivity contribution is -0.173. The van der Waals surface area contributed by atoms with E-state index in [0.717, 1.165) is 35.1 Å². The number of carbonyl (C=O) groups excluding carboxylic acids is 1. The van der Waals surface area contributed by atoms with Crippen molar-refractivity contribution < 1.29 is 18.3 Å². The maximum Gasteiger partial charge on any atom is 0.345 e. The minimum absolute atomic E-state index is 0.182. The third-order valence-corrected chi connectivity index (χ3v) is 6.22. The van der Waals surface area contributed by atoms with E-state index in [4.69, 9.17) is 0 Å². The number of carbonyl (C=O) groups is 1. The molecule has 27 heavy (non-hydrogen) atoms. The van der Waals surface area contributed by atoms with E-state index in [1.807, 2.05) is 6.07 Å². The van der Waals surface area contributed by atoms with Crippen LogP contribution in [0.5, 0.6) is 0 Å². The van der Waals surface area contributed by atoms with E-state index in [-0.39, 0.29) is 5.78 Å². The van der Waals surface area contributed by atoms with Crippen LogP contribution < -0.4 is 0 Å². The molecule has 2 aliphatic carbocycles. The van der Waals surface area contributed by atoms with Crippen LogP contribution in [0.3, 0.4) is 0 Å². The Bertz CT molecular complexity index is 851. The van der Waals surface area contributed by atoms with Crippen LogP contribution in [0.2, 0.25) is 0 Å². The molecular weight excluding hydrogens is 346 g/mol. The Morgan fingerprint density at radius 3 is 2.56 bits per heavy atom. The number of halogens is 2. The van der Waals surface area contributed by atoms with Crippen LogP contribution in [-0.4, -0.2) is 18.5 Å². The predicted molar refractivity (Wildman–Crippen MR) is 101 cm³/mol. The summed E-state index contributed by atoms with van der Waals surface area (Å²) in [6.07, 6.45) is 3.56. The van der Waals surface area contributed by atoms with Crippen molar-refractivity contribution in [2.75, 3.05) is 0 Å². The molecule has 0 heterocycles.